The highest BCUT2D eigenvalue weighted by Crippen LogP contribution is 2.22. The van der Waals surface area contributed by atoms with Gasteiger partial charge in [0.2, 0.25) is 5.91 Å². The first kappa shape index (κ1) is 18.1. The highest BCUT2D eigenvalue weighted by Gasteiger charge is 2.17. The number of hydrogen-bond donors (Lipinski definition) is 1. The second kappa shape index (κ2) is 9.15. The molecule has 0 fully saturated rings. The monoisotopic (exact) mass is 327 g/mol. The number of rotatable bonds is 8. The lowest BCUT2D eigenvalue weighted by atomic mass is 9.98. The highest BCUT2D eigenvalue weighted by molar-refractivity contribution is 5.79. The number of carbonyl (C=O) groups excluding carboxylic acids is 1. The molecule has 1 N–H and O–H groups in total. The molecular weight excluding hydrogens is 302 g/mol. The molecule has 5 nitrogen and oxygen atoms in total. The summed E-state index contributed by atoms with van der Waals surface area (Å²) in [6.07, 6.45) is 3.49. The summed E-state index contributed by atoms with van der Waals surface area (Å²) in [6, 6.07) is 11.9. The highest BCUT2D eigenvalue weighted by atomic mass is 16.5. The molecule has 1 atom stereocenters. The van der Waals surface area contributed by atoms with Gasteiger partial charge in [-0.2, -0.15) is 0 Å². The van der Waals surface area contributed by atoms with E-state index in [1.807, 2.05) is 24.1 Å². The van der Waals surface area contributed by atoms with Gasteiger partial charge in [-0.05, 0) is 37.2 Å². The molecule has 0 aliphatic carbocycles. The molecule has 2 rings (SSSR count). The normalized spacial score (nSPS) is 12.2. The number of nitrogens with zero attached hydrogens (tertiary/aromatic N) is 2. The van der Waals surface area contributed by atoms with Gasteiger partial charge in [0.15, 0.2) is 0 Å². The Bertz CT molecular complexity index is 629. The SMILES string of the molecule is COCCN(C)CC(=O)NC(c1ccncc1)c1ccc(C)cc1. The molecule has 128 valence electrons. The largest absolute Gasteiger partial charge is 0.383 e. The van der Waals surface area contributed by atoms with Gasteiger partial charge < -0.3 is 10.1 Å². The Morgan fingerprint density at radius 1 is 1.17 bits per heavy atom. The number of methoxy groups -OCH3 is 1. The van der Waals surface area contributed by atoms with Crippen LogP contribution in [-0.2, 0) is 9.53 Å². The molecule has 0 saturated heterocycles. The van der Waals surface area contributed by atoms with Crippen LogP contribution in [0.5, 0.6) is 0 Å². The predicted octanol–water partition coefficient (Wildman–Crippen LogP) is 2.17. The molecule has 5 heteroatoms. The van der Waals surface area contributed by atoms with Crippen LogP contribution in [0.25, 0.3) is 0 Å². The molecule has 1 unspecified atom stereocenters. The van der Waals surface area contributed by atoms with Crippen molar-refractivity contribution in [2.24, 2.45) is 0 Å². The van der Waals surface area contributed by atoms with Gasteiger partial charge in [-0.1, -0.05) is 29.8 Å². The molecule has 1 aromatic carbocycles. The summed E-state index contributed by atoms with van der Waals surface area (Å²) < 4.78 is 5.04. The summed E-state index contributed by atoms with van der Waals surface area (Å²) in [7, 11) is 3.57. The number of aryl methyl sites for hydroxylation is 1. The lowest BCUT2D eigenvalue weighted by Crippen LogP contribution is -2.38. The number of nitrogens with one attached hydrogen (secondary N) is 1. The number of benzene rings is 1. The van der Waals surface area contributed by atoms with E-state index in [9.17, 15) is 4.79 Å². The number of carbonyl (C=O) groups is 1. The zero-order chi connectivity index (χ0) is 17.4. The van der Waals surface area contributed by atoms with E-state index in [1.165, 1.54) is 5.56 Å². The number of amides is 1. The topological polar surface area (TPSA) is 54.5 Å². The number of hydrogen-bond acceptors (Lipinski definition) is 4. The maximum Gasteiger partial charge on any atom is 0.234 e. The Kier molecular flexibility index (Phi) is 6.90. The van der Waals surface area contributed by atoms with Crippen LogP contribution in [-0.4, -0.2) is 49.6 Å². The molecule has 0 spiro atoms. The number of pyridine rings is 1. The second-order valence-electron chi connectivity index (χ2n) is 5.92. The van der Waals surface area contributed by atoms with Crippen LogP contribution in [0.4, 0.5) is 0 Å². The molecular formula is C19H25N3O2. The maximum atomic E-state index is 12.4. The first-order valence-corrected chi connectivity index (χ1v) is 8.03. The van der Waals surface area contributed by atoms with Crippen LogP contribution < -0.4 is 5.32 Å². The lowest BCUT2D eigenvalue weighted by molar-refractivity contribution is -0.122. The van der Waals surface area contributed by atoms with Crippen LogP contribution in [0, 0.1) is 6.92 Å². The standard InChI is InChI=1S/C19H25N3O2/c1-15-4-6-16(7-5-15)19(17-8-10-20-11-9-17)21-18(23)14-22(2)12-13-24-3/h4-11,19H,12-14H2,1-3H3,(H,21,23). The smallest absolute Gasteiger partial charge is 0.234 e. The van der Waals surface area contributed by atoms with Crippen LogP contribution in [0.3, 0.4) is 0 Å². The zero-order valence-electron chi connectivity index (χ0n) is 14.5. The Hall–Kier alpha value is -2.24. The van der Waals surface area contributed by atoms with E-state index in [0.29, 0.717) is 19.7 Å². The van der Waals surface area contributed by atoms with Crippen LogP contribution >= 0.6 is 0 Å². The first-order valence-electron chi connectivity index (χ1n) is 8.03. The number of ether oxygens (including phenoxy) is 1. The van der Waals surface area contributed by atoms with Crippen LogP contribution in [0.2, 0.25) is 0 Å². The van der Waals surface area contributed by atoms with Gasteiger partial charge in [0, 0.05) is 26.0 Å². The van der Waals surface area contributed by atoms with Gasteiger partial charge in [-0.25, -0.2) is 0 Å². The Morgan fingerprint density at radius 3 is 2.42 bits per heavy atom. The Morgan fingerprint density at radius 2 is 1.79 bits per heavy atom. The van der Waals surface area contributed by atoms with Gasteiger partial charge in [0.25, 0.3) is 0 Å². The van der Waals surface area contributed by atoms with E-state index < -0.39 is 0 Å². The minimum absolute atomic E-state index is 0.0176. The second-order valence-corrected chi connectivity index (χ2v) is 5.92. The van der Waals surface area contributed by atoms with Crippen molar-refractivity contribution < 1.29 is 9.53 Å². The summed E-state index contributed by atoms with van der Waals surface area (Å²) in [5, 5.41) is 3.13. The van der Waals surface area contributed by atoms with Crippen molar-refractivity contribution in [1.82, 2.24) is 15.2 Å². The predicted molar refractivity (Wildman–Crippen MR) is 94.8 cm³/mol. The fraction of sp³-hybridized carbons (Fsp3) is 0.368. The quantitative estimate of drug-likeness (QED) is 0.807. The number of likely N-dealkylation sites (N-methyl/N-ethyl adjacent to an activating group) is 1. The van der Waals surface area contributed by atoms with Crippen LogP contribution in [0.1, 0.15) is 22.7 Å². The molecule has 24 heavy (non-hydrogen) atoms. The molecule has 0 saturated carbocycles. The molecule has 0 radical (unpaired) electrons. The fourth-order valence-electron chi connectivity index (χ4n) is 2.45. The van der Waals surface area contributed by atoms with Crippen molar-refractivity contribution in [3.63, 3.8) is 0 Å². The summed E-state index contributed by atoms with van der Waals surface area (Å²) in [5.74, 6) is -0.0176. The average molecular weight is 327 g/mol. The average Bonchev–Trinajstić information content (AvgIpc) is 2.59. The first-order chi connectivity index (χ1) is 11.6. The molecule has 1 aromatic heterocycles. The lowest BCUT2D eigenvalue weighted by Gasteiger charge is -2.22. The minimum Gasteiger partial charge on any atom is -0.383 e. The summed E-state index contributed by atoms with van der Waals surface area (Å²) in [6.45, 7) is 3.70. The van der Waals surface area contributed by atoms with E-state index in [2.05, 4.69) is 41.5 Å². The fourth-order valence-corrected chi connectivity index (χ4v) is 2.45. The van der Waals surface area contributed by atoms with E-state index >= 15 is 0 Å². The molecule has 0 aliphatic heterocycles. The summed E-state index contributed by atoms with van der Waals surface area (Å²) >= 11 is 0. The van der Waals surface area contributed by atoms with Crippen molar-refractivity contribution in [2.75, 3.05) is 33.9 Å². The third kappa shape index (κ3) is 5.44. The molecule has 1 heterocycles. The van der Waals surface area contributed by atoms with Crippen molar-refractivity contribution >= 4 is 5.91 Å². The molecule has 0 bridgehead atoms. The van der Waals surface area contributed by atoms with Crippen molar-refractivity contribution in [3.05, 3.63) is 65.5 Å². The Labute approximate surface area is 143 Å². The van der Waals surface area contributed by atoms with Gasteiger partial charge >= 0.3 is 0 Å². The van der Waals surface area contributed by atoms with Gasteiger partial charge in [-0.3, -0.25) is 14.7 Å². The number of aromatic nitrogens is 1. The van der Waals surface area contributed by atoms with Crippen LogP contribution in [0.15, 0.2) is 48.8 Å². The van der Waals surface area contributed by atoms with E-state index in [4.69, 9.17) is 4.74 Å². The minimum atomic E-state index is -0.183. The van der Waals surface area contributed by atoms with Crippen molar-refractivity contribution in [3.8, 4) is 0 Å². The molecule has 0 aliphatic rings. The third-order valence-corrected chi connectivity index (χ3v) is 3.85. The zero-order valence-corrected chi connectivity index (χ0v) is 14.5. The summed E-state index contributed by atoms with van der Waals surface area (Å²) in [4.78, 5) is 18.4. The van der Waals surface area contributed by atoms with E-state index in [1.54, 1.807) is 19.5 Å². The molecule has 1 amide bonds. The van der Waals surface area contributed by atoms with Crippen molar-refractivity contribution in [2.45, 2.75) is 13.0 Å². The van der Waals surface area contributed by atoms with E-state index in [0.717, 1.165) is 11.1 Å². The van der Waals surface area contributed by atoms with Gasteiger partial charge in [0.05, 0.1) is 19.2 Å². The summed E-state index contributed by atoms with van der Waals surface area (Å²) in [5.41, 5.74) is 3.26. The Balaban J connectivity index is 2.12. The van der Waals surface area contributed by atoms with E-state index in [-0.39, 0.29) is 11.9 Å². The van der Waals surface area contributed by atoms with Gasteiger partial charge in [-0.15, -0.1) is 0 Å². The molecule has 2 aromatic rings. The maximum absolute atomic E-state index is 12.4. The van der Waals surface area contributed by atoms with Gasteiger partial charge in [0.1, 0.15) is 0 Å². The third-order valence-electron chi connectivity index (χ3n) is 3.85. The van der Waals surface area contributed by atoms with Crippen molar-refractivity contribution in [1.29, 1.82) is 0 Å².